The Morgan fingerprint density at radius 1 is 1.31 bits per heavy atom. The molecule has 2 nitrogen and oxygen atoms in total. The van der Waals surface area contributed by atoms with Gasteiger partial charge in [-0.2, -0.15) is 5.26 Å². The molecule has 0 N–H and O–H groups in total. The number of hydrogen-bond donors (Lipinski definition) is 0. The van der Waals surface area contributed by atoms with Crippen molar-refractivity contribution >= 4 is 5.78 Å². The van der Waals surface area contributed by atoms with Crippen LogP contribution in [0, 0.1) is 22.7 Å². The van der Waals surface area contributed by atoms with Crippen molar-refractivity contribution in [2.24, 2.45) is 11.3 Å². The van der Waals surface area contributed by atoms with Crippen LogP contribution in [0.2, 0.25) is 0 Å². The first-order valence-electron chi connectivity index (χ1n) is 5.18. The van der Waals surface area contributed by atoms with Gasteiger partial charge in [0.25, 0.3) is 0 Å². The van der Waals surface area contributed by atoms with Gasteiger partial charge in [-0.3, -0.25) is 4.79 Å². The molecule has 0 aliphatic heterocycles. The number of ketones is 1. The quantitative estimate of drug-likeness (QED) is 0.570. The number of rotatable bonds is 0. The molecule has 0 bridgehead atoms. The van der Waals surface area contributed by atoms with Gasteiger partial charge in [-0.15, -0.1) is 0 Å². The van der Waals surface area contributed by atoms with Crippen molar-refractivity contribution in [1.82, 2.24) is 0 Å². The lowest BCUT2D eigenvalue weighted by atomic mass is 9.65. The highest BCUT2D eigenvalue weighted by atomic mass is 16.1. The second kappa shape index (κ2) is 3.14. The number of carbonyl (C=O) groups is 1. The van der Waals surface area contributed by atoms with E-state index in [1.165, 1.54) is 25.7 Å². The van der Waals surface area contributed by atoms with Crippen molar-refractivity contribution in [3.05, 3.63) is 0 Å². The molecule has 0 heterocycles. The largest absolute Gasteiger partial charge is 0.300 e. The van der Waals surface area contributed by atoms with Gasteiger partial charge in [0, 0.05) is 12.8 Å². The topological polar surface area (TPSA) is 40.9 Å². The van der Waals surface area contributed by atoms with Crippen LogP contribution in [0.3, 0.4) is 0 Å². The molecule has 0 saturated heterocycles. The highest BCUT2D eigenvalue weighted by Gasteiger charge is 2.44. The van der Waals surface area contributed by atoms with E-state index in [1.807, 2.05) is 0 Å². The number of Topliss-reactive ketones (excluding diaryl/α,β-unsaturated/α-hetero) is 1. The summed E-state index contributed by atoms with van der Waals surface area (Å²) in [4.78, 5) is 11.2. The Morgan fingerprint density at radius 2 is 2.00 bits per heavy atom. The van der Waals surface area contributed by atoms with E-state index in [0.29, 0.717) is 12.2 Å². The van der Waals surface area contributed by atoms with Gasteiger partial charge in [-0.25, -0.2) is 0 Å². The van der Waals surface area contributed by atoms with E-state index in [1.54, 1.807) is 0 Å². The zero-order chi connectivity index (χ0) is 9.31. The molecule has 2 aliphatic rings. The van der Waals surface area contributed by atoms with Crippen molar-refractivity contribution in [1.29, 1.82) is 5.26 Å². The third-order valence-corrected chi connectivity index (χ3v) is 3.83. The van der Waals surface area contributed by atoms with Crippen LogP contribution in [0.5, 0.6) is 0 Å². The number of nitriles is 1. The lowest BCUT2D eigenvalue weighted by Crippen LogP contribution is -2.33. The van der Waals surface area contributed by atoms with Crippen LogP contribution in [0.1, 0.15) is 44.9 Å². The summed E-state index contributed by atoms with van der Waals surface area (Å²) in [6, 6.07) is 2.35. The van der Waals surface area contributed by atoms with Crippen molar-refractivity contribution < 1.29 is 4.79 Å². The van der Waals surface area contributed by atoms with Gasteiger partial charge in [0.05, 0.1) is 12.0 Å². The molecule has 0 aromatic rings. The van der Waals surface area contributed by atoms with E-state index in [4.69, 9.17) is 5.26 Å². The van der Waals surface area contributed by atoms with Crippen molar-refractivity contribution in [2.45, 2.75) is 44.9 Å². The van der Waals surface area contributed by atoms with E-state index >= 15 is 0 Å². The Balaban J connectivity index is 2.18. The number of nitrogens with zero attached hydrogens (tertiary/aromatic N) is 1. The third-order valence-electron chi connectivity index (χ3n) is 3.83. The first-order chi connectivity index (χ1) is 6.27. The van der Waals surface area contributed by atoms with Crippen LogP contribution < -0.4 is 0 Å². The van der Waals surface area contributed by atoms with Crippen LogP contribution in [0.15, 0.2) is 0 Å². The summed E-state index contributed by atoms with van der Waals surface area (Å²) in [6.45, 7) is 0. The molecule has 70 valence electrons. The first-order valence-corrected chi connectivity index (χ1v) is 5.18. The van der Waals surface area contributed by atoms with Crippen LogP contribution in [0.4, 0.5) is 0 Å². The van der Waals surface area contributed by atoms with Crippen LogP contribution in [-0.4, -0.2) is 5.78 Å². The van der Waals surface area contributed by atoms with Gasteiger partial charge in [0.1, 0.15) is 5.78 Å². The zero-order valence-corrected chi connectivity index (χ0v) is 7.88. The summed E-state index contributed by atoms with van der Waals surface area (Å²) in [6.07, 6.45) is 7.09. The monoisotopic (exact) mass is 177 g/mol. The average Bonchev–Trinajstić information content (AvgIpc) is 2.59. The maximum atomic E-state index is 11.2. The van der Waals surface area contributed by atoms with Gasteiger partial charge in [0.15, 0.2) is 0 Å². The summed E-state index contributed by atoms with van der Waals surface area (Å²) in [5.74, 6) is 0.320. The minimum atomic E-state index is 0.0243. The number of carbonyl (C=O) groups excluding carboxylic acids is 1. The molecule has 0 amide bonds. The highest BCUT2D eigenvalue weighted by Crippen LogP contribution is 2.51. The maximum Gasteiger partial charge on any atom is 0.134 e. The van der Waals surface area contributed by atoms with Gasteiger partial charge in [-0.1, -0.05) is 12.8 Å². The molecule has 2 fully saturated rings. The standard InChI is InChI=1S/C11H15NO/c12-8-9-7-10(13)3-6-11(9)4-1-2-5-11/h9H,1-7H2. The summed E-state index contributed by atoms with van der Waals surface area (Å²) >= 11 is 0. The Bertz CT molecular complexity index is 258. The van der Waals surface area contributed by atoms with Gasteiger partial charge in [-0.05, 0) is 24.7 Å². The fourth-order valence-electron chi connectivity index (χ4n) is 2.97. The normalized spacial score (nSPS) is 31.9. The first kappa shape index (κ1) is 8.74. The average molecular weight is 177 g/mol. The second-order valence-corrected chi connectivity index (χ2v) is 4.49. The predicted molar refractivity (Wildman–Crippen MR) is 48.9 cm³/mol. The van der Waals surface area contributed by atoms with Gasteiger partial charge in [0.2, 0.25) is 0 Å². The third kappa shape index (κ3) is 1.37. The molecule has 1 unspecified atom stereocenters. The second-order valence-electron chi connectivity index (χ2n) is 4.49. The highest BCUT2D eigenvalue weighted by molar-refractivity contribution is 5.80. The molecule has 1 atom stereocenters. The van der Waals surface area contributed by atoms with Crippen LogP contribution in [0.25, 0.3) is 0 Å². The molecular formula is C11H15NO. The Labute approximate surface area is 78.9 Å². The minimum absolute atomic E-state index is 0.0243. The Hall–Kier alpha value is -0.840. The molecule has 0 aromatic carbocycles. The van der Waals surface area contributed by atoms with Crippen molar-refractivity contribution in [3.8, 4) is 6.07 Å². The van der Waals surface area contributed by atoms with Crippen molar-refractivity contribution in [2.75, 3.05) is 0 Å². The molecule has 13 heavy (non-hydrogen) atoms. The smallest absolute Gasteiger partial charge is 0.134 e. The fraction of sp³-hybridized carbons (Fsp3) is 0.818. The minimum Gasteiger partial charge on any atom is -0.300 e. The predicted octanol–water partition coefficient (Wildman–Crippen LogP) is 2.44. The van der Waals surface area contributed by atoms with Crippen LogP contribution >= 0.6 is 0 Å². The van der Waals surface area contributed by atoms with Crippen LogP contribution in [-0.2, 0) is 4.79 Å². The molecule has 0 aromatic heterocycles. The number of hydrogen-bond acceptors (Lipinski definition) is 2. The molecule has 1 spiro atoms. The summed E-state index contributed by atoms with van der Waals surface area (Å²) < 4.78 is 0. The van der Waals surface area contributed by atoms with Gasteiger partial charge >= 0.3 is 0 Å². The summed E-state index contributed by atoms with van der Waals surface area (Å²) in [5, 5.41) is 9.03. The molecule has 0 radical (unpaired) electrons. The Morgan fingerprint density at radius 3 is 2.62 bits per heavy atom. The van der Waals surface area contributed by atoms with E-state index in [0.717, 1.165) is 12.8 Å². The lowest BCUT2D eigenvalue weighted by molar-refractivity contribution is -0.123. The maximum absolute atomic E-state index is 11.2. The molecule has 2 aliphatic carbocycles. The van der Waals surface area contributed by atoms with E-state index in [9.17, 15) is 4.79 Å². The SMILES string of the molecule is N#CC1CC(=O)CCC12CCCC2. The molecule has 2 rings (SSSR count). The molecular weight excluding hydrogens is 162 g/mol. The fourth-order valence-corrected chi connectivity index (χ4v) is 2.97. The van der Waals surface area contributed by atoms with Crippen molar-refractivity contribution in [3.63, 3.8) is 0 Å². The Kier molecular flexibility index (Phi) is 2.11. The lowest BCUT2D eigenvalue weighted by Gasteiger charge is -2.36. The summed E-state index contributed by atoms with van der Waals surface area (Å²) in [5.41, 5.74) is 0.239. The molecule has 2 saturated carbocycles. The summed E-state index contributed by atoms with van der Waals surface area (Å²) in [7, 11) is 0. The zero-order valence-electron chi connectivity index (χ0n) is 7.88. The van der Waals surface area contributed by atoms with E-state index < -0.39 is 0 Å². The van der Waals surface area contributed by atoms with E-state index in [2.05, 4.69) is 6.07 Å². The van der Waals surface area contributed by atoms with E-state index in [-0.39, 0.29) is 11.3 Å². The molecule has 2 heteroatoms. The van der Waals surface area contributed by atoms with Gasteiger partial charge < -0.3 is 0 Å².